The van der Waals surface area contributed by atoms with E-state index in [4.69, 9.17) is 4.74 Å². The van der Waals surface area contributed by atoms with Crippen LogP contribution < -0.4 is 10.6 Å². The van der Waals surface area contributed by atoms with Crippen molar-refractivity contribution in [3.63, 3.8) is 0 Å². The minimum absolute atomic E-state index is 0.333. The number of carbonyl (C=O) groups excluding carboxylic acids is 1. The van der Waals surface area contributed by atoms with E-state index >= 15 is 0 Å². The first-order valence-electron chi connectivity index (χ1n) is 7.56. The fourth-order valence-corrected chi connectivity index (χ4v) is 2.55. The molecule has 1 saturated carbocycles. The molecule has 1 aliphatic rings. The summed E-state index contributed by atoms with van der Waals surface area (Å²) in [7, 11) is 0. The number of ether oxygens (including phenoxy) is 1. The highest BCUT2D eigenvalue weighted by Crippen LogP contribution is 2.28. The summed E-state index contributed by atoms with van der Waals surface area (Å²) in [5.74, 6) is 1.63. The van der Waals surface area contributed by atoms with Gasteiger partial charge in [-0.15, -0.1) is 0 Å². The van der Waals surface area contributed by atoms with Crippen LogP contribution in [0, 0.1) is 11.8 Å². The van der Waals surface area contributed by atoms with Crippen molar-refractivity contribution < 1.29 is 9.53 Å². The maximum atomic E-state index is 11.4. The SMILES string of the molecule is CC1CCCCC1CNCCNC(=O)OC(C)(C)C. The molecule has 4 nitrogen and oxygen atoms in total. The molecule has 19 heavy (non-hydrogen) atoms. The molecule has 1 aliphatic carbocycles. The van der Waals surface area contributed by atoms with Crippen LogP contribution in [0.2, 0.25) is 0 Å². The molecular formula is C15H30N2O2. The average molecular weight is 270 g/mol. The van der Waals surface area contributed by atoms with Crippen LogP contribution in [0.25, 0.3) is 0 Å². The third-order valence-corrected chi connectivity index (χ3v) is 3.67. The van der Waals surface area contributed by atoms with Gasteiger partial charge in [-0.25, -0.2) is 4.79 Å². The summed E-state index contributed by atoms with van der Waals surface area (Å²) in [5, 5.41) is 6.20. The second kappa shape index (κ2) is 7.73. The molecule has 0 aromatic carbocycles. The highest BCUT2D eigenvalue weighted by atomic mass is 16.6. The summed E-state index contributed by atoms with van der Waals surface area (Å²) in [6, 6.07) is 0. The lowest BCUT2D eigenvalue weighted by atomic mass is 9.80. The number of rotatable bonds is 5. The summed E-state index contributed by atoms with van der Waals surface area (Å²) < 4.78 is 5.17. The zero-order valence-corrected chi connectivity index (χ0v) is 12.9. The molecule has 2 N–H and O–H groups in total. The second-order valence-corrected chi connectivity index (χ2v) is 6.65. The molecule has 2 unspecified atom stereocenters. The standard InChI is InChI=1S/C15H30N2O2/c1-12-7-5-6-8-13(12)11-16-9-10-17-14(18)19-15(2,3)4/h12-13,16H,5-11H2,1-4H3,(H,17,18). The molecule has 0 aromatic heterocycles. The second-order valence-electron chi connectivity index (χ2n) is 6.65. The van der Waals surface area contributed by atoms with Crippen LogP contribution in [0.3, 0.4) is 0 Å². The van der Waals surface area contributed by atoms with Gasteiger partial charge >= 0.3 is 6.09 Å². The van der Waals surface area contributed by atoms with Crippen molar-refractivity contribution in [2.45, 2.75) is 59.0 Å². The molecule has 0 saturated heterocycles. The van der Waals surface area contributed by atoms with E-state index in [2.05, 4.69) is 17.6 Å². The maximum absolute atomic E-state index is 11.4. The predicted octanol–water partition coefficient (Wildman–Crippen LogP) is 2.93. The largest absolute Gasteiger partial charge is 0.444 e. The summed E-state index contributed by atoms with van der Waals surface area (Å²) in [6.07, 6.45) is 5.13. The van der Waals surface area contributed by atoms with Gasteiger partial charge in [-0.2, -0.15) is 0 Å². The summed E-state index contributed by atoms with van der Waals surface area (Å²) >= 11 is 0. The fourth-order valence-electron chi connectivity index (χ4n) is 2.55. The van der Waals surface area contributed by atoms with Gasteiger partial charge in [0.2, 0.25) is 0 Å². The van der Waals surface area contributed by atoms with Crippen LogP contribution in [-0.4, -0.2) is 31.3 Å². The Morgan fingerprint density at radius 2 is 1.89 bits per heavy atom. The van der Waals surface area contributed by atoms with Gasteiger partial charge in [0, 0.05) is 13.1 Å². The normalized spacial score (nSPS) is 24.0. The molecule has 0 aliphatic heterocycles. The average Bonchev–Trinajstić information content (AvgIpc) is 2.28. The lowest BCUT2D eigenvalue weighted by molar-refractivity contribution is 0.0528. The highest BCUT2D eigenvalue weighted by Gasteiger charge is 2.20. The summed E-state index contributed by atoms with van der Waals surface area (Å²) in [6.45, 7) is 10.5. The third kappa shape index (κ3) is 7.41. The lowest BCUT2D eigenvalue weighted by Crippen LogP contribution is -2.38. The molecule has 4 heteroatoms. The molecule has 2 atom stereocenters. The van der Waals surface area contributed by atoms with Crippen LogP contribution in [0.4, 0.5) is 4.79 Å². The van der Waals surface area contributed by atoms with Crippen LogP contribution in [0.15, 0.2) is 0 Å². The lowest BCUT2D eigenvalue weighted by Gasteiger charge is -2.28. The minimum atomic E-state index is -0.422. The van der Waals surface area contributed by atoms with Gasteiger partial charge in [-0.1, -0.05) is 26.2 Å². The zero-order valence-electron chi connectivity index (χ0n) is 12.9. The van der Waals surface area contributed by atoms with Gasteiger partial charge in [-0.05, 0) is 45.6 Å². The Balaban J connectivity index is 2.03. The van der Waals surface area contributed by atoms with Crippen molar-refractivity contribution in [3.05, 3.63) is 0 Å². The molecule has 1 rings (SSSR count). The molecule has 0 spiro atoms. The van der Waals surface area contributed by atoms with Crippen LogP contribution >= 0.6 is 0 Å². The van der Waals surface area contributed by atoms with Crippen molar-refractivity contribution in [2.75, 3.05) is 19.6 Å². The van der Waals surface area contributed by atoms with E-state index in [1.54, 1.807) is 0 Å². The van der Waals surface area contributed by atoms with E-state index in [-0.39, 0.29) is 6.09 Å². The summed E-state index contributed by atoms with van der Waals surface area (Å²) in [4.78, 5) is 11.4. The number of nitrogens with one attached hydrogen (secondary N) is 2. The van der Waals surface area contributed by atoms with Gasteiger partial charge in [0.05, 0.1) is 0 Å². The number of hydrogen-bond donors (Lipinski definition) is 2. The van der Waals surface area contributed by atoms with E-state index in [1.807, 2.05) is 20.8 Å². The van der Waals surface area contributed by atoms with Gasteiger partial charge in [-0.3, -0.25) is 0 Å². The molecule has 1 amide bonds. The van der Waals surface area contributed by atoms with Crippen LogP contribution in [-0.2, 0) is 4.74 Å². The van der Waals surface area contributed by atoms with E-state index < -0.39 is 5.60 Å². The quantitative estimate of drug-likeness (QED) is 0.755. The molecule has 0 heterocycles. The van der Waals surface area contributed by atoms with E-state index in [0.717, 1.165) is 24.9 Å². The minimum Gasteiger partial charge on any atom is -0.444 e. The Bertz CT molecular complexity index is 274. The Morgan fingerprint density at radius 1 is 1.21 bits per heavy atom. The molecular weight excluding hydrogens is 240 g/mol. The van der Waals surface area contributed by atoms with Crippen LogP contribution in [0.1, 0.15) is 53.4 Å². The van der Waals surface area contributed by atoms with Crippen molar-refractivity contribution in [2.24, 2.45) is 11.8 Å². The maximum Gasteiger partial charge on any atom is 0.407 e. The van der Waals surface area contributed by atoms with Crippen molar-refractivity contribution in [3.8, 4) is 0 Å². The van der Waals surface area contributed by atoms with E-state index in [9.17, 15) is 4.79 Å². The van der Waals surface area contributed by atoms with Crippen molar-refractivity contribution in [1.29, 1.82) is 0 Å². The Labute approximate surface area is 117 Å². The Kier molecular flexibility index (Phi) is 6.63. The van der Waals surface area contributed by atoms with Gasteiger partial charge in [0.25, 0.3) is 0 Å². The van der Waals surface area contributed by atoms with E-state index in [0.29, 0.717) is 6.54 Å². The van der Waals surface area contributed by atoms with Crippen molar-refractivity contribution >= 4 is 6.09 Å². The number of hydrogen-bond acceptors (Lipinski definition) is 3. The molecule has 0 bridgehead atoms. The van der Waals surface area contributed by atoms with E-state index in [1.165, 1.54) is 25.7 Å². The third-order valence-electron chi connectivity index (χ3n) is 3.67. The monoisotopic (exact) mass is 270 g/mol. The van der Waals surface area contributed by atoms with Gasteiger partial charge in [0.15, 0.2) is 0 Å². The van der Waals surface area contributed by atoms with Crippen molar-refractivity contribution in [1.82, 2.24) is 10.6 Å². The zero-order chi connectivity index (χ0) is 14.3. The summed E-state index contributed by atoms with van der Waals surface area (Å²) in [5.41, 5.74) is -0.422. The fraction of sp³-hybridized carbons (Fsp3) is 0.933. The van der Waals surface area contributed by atoms with Crippen LogP contribution in [0.5, 0.6) is 0 Å². The molecule has 1 fully saturated rings. The van der Waals surface area contributed by atoms with Gasteiger partial charge < -0.3 is 15.4 Å². The first-order valence-corrected chi connectivity index (χ1v) is 7.56. The molecule has 0 aromatic rings. The highest BCUT2D eigenvalue weighted by molar-refractivity contribution is 5.67. The number of carbonyl (C=O) groups is 1. The number of amides is 1. The van der Waals surface area contributed by atoms with Gasteiger partial charge in [0.1, 0.15) is 5.60 Å². The Morgan fingerprint density at radius 3 is 2.53 bits per heavy atom. The Hall–Kier alpha value is -0.770. The molecule has 0 radical (unpaired) electrons. The first-order chi connectivity index (χ1) is 8.88. The smallest absolute Gasteiger partial charge is 0.407 e. The predicted molar refractivity (Wildman–Crippen MR) is 78.2 cm³/mol. The topological polar surface area (TPSA) is 50.4 Å². The number of alkyl carbamates (subject to hydrolysis) is 1. The molecule has 112 valence electrons. The first kappa shape index (κ1) is 16.3.